The lowest BCUT2D eigenvalue weighted by Crippen LogP contribution is -1.96. The van der Waals surface area contributed by atoms with Gasteiger partial charge in [0.15, 0.2) is 11.5 Å². The molecule has 4 heterocycles. The monoisotopic (exact) mass is 352 g/mol. The Labute approximate surface area is 148 Å². The summed E-state index contributed by atoms with van der Waals surface area (Å²) in [4.78, 5) is 17.4. The van der Waals surface area contributed by atoms with Crippen LogP contribution in [0.1, 0.15) is 0 Å². The van der Waals surface area contributed by atoms with Crippen molar-refractivity contribution in [2.45, 2.75) is 0 Å². The SMILES string of the molecule is COc1ccc(-c2ccc3nc(-c4cccnc4N)n(Cl)c3n2)cn1. The summed E-state index contributed by atoms with van der Waals surface area (Å²) < 4.78 is 6.47. The van der Waals surface area contributed by atoms with Gasteiger partial charge >= 0.3 is 0 Å². The van der Waals surface area contributed by atoms with Gasteiger partial charge in [-0.15, -0.1) is 0 Å². The highest BCUT2D eigenvalue weighted by Crippen LogP contribution is 2.29. The molecule has 4 aromatic rings. The van der Waals surface area contributed by atoms with Crippen LogP contribution in [0.4, 0.5) is 5.82 Å². The number of rotatable bonds is 3. The van der Waals surface area contributed by atoms with Crippen molar-refractivity contribution < 1.29 is 4.74 Å². The molecule has 0 aliphatic carbocycles. The molecule has 0 fully saturated rings. The molecule has 0 saturated carbocycles. The van der Waals surface area contributed by atoms with Crippen LogP contribution in [-0.4, -0.2) is 31.1 Å². The summed E-state index contributed by atoms with van der Waals surface area (Å²) in [6.07, 6.45) is 3.31. The number of nitrogens with zero attached hydrogens (tertiary/aromatic N) is 5. The molecule has 0 aliphatic rings. The van der Waals surface area contributed by atoms with Gasteiger partial charge in [0, 0.05) is 35.8 Å². The largest absolute Gasteiger partial charge is 0.481 e. The molecule has 4 aromatic heterocycles. The normalized spacial score (nSPS) is 11.0. The van der Waals surface area contributed by atoms with E-state index in [0.717, 1.165) is 11.3 Å². The van der Waals surface area contributed by atoms with Gasteiger partial charge in [0.1, 0.15) is 11.3 Å². The summed E-state index contributed by atoms with van der Waals surface area (Å²) in [7, 11) is 1.57. The Bertz CT molecular complexity index is 1060. The molecule has 7 nitrogen and oxygen atoms in total. The fourth-order valence-corrected chi connectivity index (χ4v) is 2.77. The number of hydrogen-bond acceptors (Lipinski definition) is 6. The number of aromatic nitrogens is 5. The molecule has 4 rings (SSSR count). The summed E-state index contributed by atoms with van der Waals surface area (Å²) in [5, 5.41) is 0. The van der Waals surface area contributed by atoms with Gasteiger partial charge in [-0.1, -0.05) is 0 Å². The maximum atomic E-state index is 6.44. The molecular formula is C17H13ClN6O. The fourth-order valence-electron chi connectivity index (χ4n) is 2.52. The smallest absolute Gasteiger partial charge is 0.212 e. The van der Waals surface area contributed by atoms with Gasteiger partial charge in [-0.2, -0.15) is 0 Å². The predicted octanol–water partition coefficient (Wildman–Crippen LogP) is 3.15. The Balaban J connectivity index is 1.83. The number of halogens is 1. The Hall–Kier alpha value is -3.19. The van der Waals surface area contributed by atoms with E-state index in [1.165, 1.54) is 4.09 Å². The van der Waals surface area contributed by atoms with Crippen molar-refractivity contribution in [3.63, 3.8) is 0 Å². The number of ether oxygens (including phenoxy) is 1. The molecule has 0 aliphatic heterocycles. The molecule has 0 aromatic carbocycles. The molecule has 25 heavy (non-hydrogen) atoms. The summed E-state index contributed by atoms with van der Waals surface area (Å²) in [5.74, 6) is 1.40. The van der Waals surface area contributed by atoms with Crippen molar-refractivity contribution in [2.75, 3.05) is 12.8 Å². The van der Waals surface area contributed by atoms with Crippen LogP contribution in [0, 0.1) is 0 Å². The van der Waals surface area contributed by atoms with Gasteiger partial charge in [-0.05, 0) is 30.3 Å². The topological polar surface area (TPSA) is 91.7 Å². The van der Waals surface area contributed by atoms with Gasteiger partial charge in [-0.3, -0.25) is 0 Å². The Morgan fingerprint density at radius 3 is 2.68 bits per heavy atom. The van der Waals surface area contributed by atoms with Gasteiger partial charge in [0.2, 0.25) is 5.88 Å². The lowest BCUT2D eigenvalue weighted by atomic mass is 10.2. The van der Waals surface area contributed by atoms with E-state index in [1.807, 2.05) is 24.3 Å². The van der Waals surface area contributed by atoms with Crippen LogP contribution in [0.25, 0.3) is 33.8 Å². The molecule has 0 unspecified atom stereocenters. The van der Waals surface area contributed by atoms with Gasteiger partial charge in [0.25, 0.3) is 0 Å². The van der Waals surface area contributed by atoms with Crippen LogP contribution >= 0.6 is 11.8 Å². The zero-order valence-corrected chi connectivity index (χ0v) is 14.0. The average molecular weight is 353 g/mol. The fraction of sp³-hybridized carbons (Fsp3) is 0.0588. The highest BCUT2D eigenvalue weighted by molar-refractivity contribution is 6.20. The van der Waals surface area contributed by atoms with Crippen molar-refractivity contribution >= 4 is 28.8 Å². The van der Waals surface area contributed by atoms with E-state index in [1.54, 1.807) is 31.6 Å². The highest BCUT2D eigenvalue weighted by Gasteiger charge is 2.16. The van der Waals surface area contributed by atoms with Crippen molar-refractivity contribution in [2.24, 2.45) is 0 Å². The third kappa shape index (κ3) is 2.64. The molecule has 0 radical (unpaired) electrons. The zero-order chi connectivity index (χ0) is 17.4. The van der Waals surface area contributed by atoms with Crippen molar-refractivity contribution in [3.05, 3.63) is 48.8 Å². The van der Waals surface area contributed by atoms with E-state index < -0.39 is 0 Å². The van der Waals surface area contributed by atoms with Crippen molar-refractivity contribution in [1.82, 2.24) is 24.0 Å². The van der Waals surface area contributed by atoms with Crippen LogP contribution in [0.2, 0.25) is 0 Å². The maximum Gasteiger partial charge on any atom is 0.212 e. The second-order valence-electron chi connectivity index (χ2n) is 5.28. The standard InChI is InChI=1S/C17H13ClN6O/c1-25-14-7-4-10(9-21-14)12-5-6-13-17(22-12)24(18)16(23-13)11-3-2-8-20-15(11)19/h2-9H,1H3,(H2,19,20). The van der Waals surface area contributed by atoms with E-state index in [-0.39, 0.29) is 0 Å². The molecule has 0 atom stereocenters. The number of anilines is 1. The third-order valence-electron chi connectivity index (χ3n) is 3.77. The number of nitrogens with two attached hydrogens (primary N) is 1. The average Bonchev–Trinajstić information content (AvgIpc) is 2.98. The van der Waals surface area contributed by atoms with Gasteiger partial charge in [-0.25, -0.2) is 24.0 Å². The van der Waals surface area contributed by atoms with Crippen LogP contribution in [-0.2, 0) is 0 Å². The van der Waals surface area contributed by atoms with Crippen LogP contribution in [0.15, 0.2) is 48.8 Å². The number of hydrogen-bond donors (Lipinski definition) is 1. The molecule has 0 saturated heterocycles. The molecule has 8 heteroatoms. The number of imidazole rings is 1. The highest BCUT2D eigenvalue weighted by atomic mass is 35.5. The first-order valence-corrected chi connectivity index (χ1v) is 7.78. The number of nitrogen functional groups attached to an aromatic ring is 1. The lowest BCUT2D eigenvalue weighted by Gasteiger charge is -2.03. The minimum absolute atomic E-state index is 0.360. The molecule has 0 bridgehead atoms. The second-order valence-corrected chi connectivity index (χ2v) is 5.62. The molecule has 0 amide bonds. The predicted molar refractivity (Wildman–Crippen MR) is 96.2 cm³/mol. The van der Waals surface area contributed by atoms with Crippen LogP contribution in [0.5, 0.6) is 5.88 Å². The molecular weight excluding hydrogens is 340 g/mol. The first kappa shape index (κ1) is 15.3. The summed E-state index contributed by atoms with van der Waals surface area (Å²) in [6, 6.07) is 11.0. The summed E-state index contributed by atoms with van der Waals surface area (Å²) >= 11 is 6.44. The van der Waals surface area contributed by atoms with Gasteiger partial charge < -0.3 is 10.5 Å². The summed E-state index contributed by atoms with van der Waals surface area (Å²) in [6.45, 7) is 0. The first-order chi connectivity index (χ1) is 12.2. The molecule has 0 spiro atoms. The molecule has 124 valence electrons. The minimum Gasteiger partial charge on any atom is -0.481 e. The Kier molecular flexibility index (Phi) is 3.70. The number of methoxy groups -OCH3 is 1. The first-order valence-electron chi connectivity index (χ1n) is 7.44. The number of pyridine rings is 3. The third-order valence-corrected chi connectivity index (χ3v) is 4.09. The van der Waals surface area contributed by atoms with Crippen molar-refractivity contribution in [3.8, 4) is 28.5 Å². The number of fused-ring (bicyclic) bond motifs is 1. The summed E-state index contributed by atoms with van der Waals surface area (Å²) in [5.41, 5.74) is 9.37. The maximum absolute atomic E-state index is 6.44. The van der Waals surface area contributed by atoms with Crippen LogP contribution < -0.4 is 10.5 Å². The quantitative estimate of drug-likeness (QED) is 0.609. The van der Waals surface area contributed by atoms with E-state index in [9.17, 15) is 0 Å². The van der Waals surface area contributed by atoms with E-state index >= 15 is 0 Å². The van der Waals surface area contributed by atoms with E-state index in [0.29, 0.717) is 34.2 Å². The second kappa shape index (κ2) is 6.03. The van der Waals surface area contributed by atoms with Crippen LogP contribution in [0.3, 0.4) is 0 Å². The minimum atomic E-state index is 0.360. The van der Waals surface area contributed by atoms with E-state index in [2.05, 4.69) is 19.9 Å². The Morgan fingerprint density at radius 2 is 1.96 bits per heavy atom. The van der Waals surface area contributed by atoms with Crippen molar-refractivity contribution in [1.29, 1.82) is 0 Å². The van der Waals surface area contributed by atoms with Gasteiger partial charge in [0.05, 0.1) is 18.4 Å². The molecule has 2 N–H and O–H groups in total. The zero-order valence-electron chi connectivity index (χ0n) is 13.2. The van der Waals surface area contributed by atoms with E-state index in [4.69, 9.17) is 22.2 Å². The Morgan fingerprint density at radius 1 is 1.08 bits per heavy atom. The lowest BCUT2D eigenvalue weighted by molar-refractivity contribution is 0.398.